The average Bonchev–Trinajstić information content (AvgIpc) is 2.83. The maximum atomic E-state index is 11.3. The van der Waals surface area contributed by atoms with Gasteiger partial charge in [-0.05, 0) is 38.4 Å². The van der Waals surface area contributed by atoms with Gasteiger partial charge in [-0.2, -0.15) is 50.5 Å². The van der Waals surface area contributed by atoms with Crippen LogP contribution in [0.4, 0.5) is 0 Å². The van der Waals surface area contributed by atoms with E-state index in [1.165, 1.54) is 0 Å². The monoisotopic (exact) mass is 575 g/mol. The molecule has 0 aromatic rings. The van der Waals surface area contributed by atoms with E-state index < -0.39 is 12.1 Å². The molecule has 0 aromatic carbocycles. The zero-order chi connectivity index (χ0) is 27.6. The van der Waals surface area contributed by atoms with Crippen LogP contribution in [0.25, 0.3) is 0 Å². The summed E-state index contributed by atoms with van der Waals surface area (Å²) in [6.07, 6.45) is 1.12. The molecule has 35 heavy (non-hydrogen) atoms. The molecule has 0 spiro atoms. The Labute approximate surface area is 231 Å². The van der Waals surface area contributed by atoms with Crippen LogP contribution in [0, 0.1) is 0 Å². The minimum Gasteiger partial charge on any atom is -0.345 e. The molecule has 11 nitrogen and oxygen atoms in total. The highest BCUT2D eigenvalue weighted by atomic mass is 32.1. The molecule has 0 fully saturated rings. The largest absolute Gasteiger partial charge is 0.345 e. The number of nitrogens with one attached hydrogen (secondary N) is 3. The first-order valence-corrected chi connectivity index (χ1v) is 13.7. The van der Waals surface area contributed by atoms with Crippen LogP contribution in [0.5, 0.6) is 0 Å². The van der Waals surface area contributed by atoms with Crippen molar-refractivity contribution in [1.29, 1.82) is 0 Å². The minimum absolute atomic E-state index is 0.0367. The van der Waals surface area contributed by atoms with Gasteiger partial charge in [0.15, 0.2) is 11.6 Å². The summed E-state index contributed by atoms with van der Waals surface area (Å²) in [6, 6.07) is -0.911. The Bertz CT molecular complexity index is 572. The number of amides is 2. The molecule has 0 aliphatic carbocycles. The molecule has 0 heterocycles. The van der Waals surface area contributed by atoms with Crippen LogP contribution in [0.3, 0.4) is 0 Å². The van der Waals surface area contributed by atoms with E-state index in [9.17, 15) is 19.2 Å². The zero-order valence-electron chi connectivity index (χ0n) is 20.7. The standard InChI is InChI=1S/C8H17N3O2S.C7H16N2OS2.C5H12N2OS/c1-10-5-8(13)11-6(2-3-14)7(12)4-9;1-8-6-7(10)9(2-4-11)3-5-12;6-3-5(8)4(7)1-2-9/h6,10,14H,2-5,9H2,1H3,(H,11,13);8,11-12H,2-6H2,1H3;4,9H,1-3,6-7H2/t6-;;4-/m0.0/s1. The Balaban J connectivity index is -0.000000450. The highest BCUT2D eigenvalue weighted by molar-refractivity contribution is 7.80. The van der Waals surface area contributed by atoms with Gasteiger partial charge in [-0.1, -0.05) is 0 Å². The number of likely N-dealkylation sites (N-methyl/N-ethyl adjacent to an activating group) is 2. The summed E-state index contributed by atoms with van der Waals surface area (Å²) in [4.78, 5) is 46.1. The Morgan fingerprint density at radius 1 is 0.771 bits per heavy atom. The van der Waals surface area contributed by atoms with Crippen molar-refractivity contribution in [3.8, 4) is 0 Å². The number of thiol groups is 4. The highest BCUT2D eigenvalue weighted by Crippen LogP contribution is 1.95. The van der Waals surface area contributed by atoms with Crippen LogP contribution in [-0.4, -0.2) is 117 Å². The number of nitrogens with two attached hydrogens (primary N) is 3. The van der Waals surface area contributed by atoms with Gasteiger partial charge < -0.3 is 38.1 Å². The lowest BCUT2D eigenvalue weighted by atomic mass is 10.1. The van der Waals surface area contributed by atoms with E-state index in [1.54, 1.807) is 19.0 Å². The third-order valence-corrected chi connectivity index (χ3v) is 5.07. The van der Waals surface area contributed by atoms with E-state index in [2.05, 4.69) is 66.5 Å². The number of carbonyl (C=O) groups excluding carboxylic acids is 4. The summed E-state index contributed by atoms with van der Waals surface area (Å²) in [7, 11) is 3.43. The number of carbonyl (C=O) groups is 4. The summed E-state index contributed by atoms with van der Waals surface area (Å²) in [5.74, 6) is 2.21. The minimum atomic E-state index is -0.502. The number of rotatable bonds is 17. The van der Waals surface area contributed by atoms with Gasteiger partial charge in [0.2, 0.25) is 11.8 Å². The van der Waals surface area contributed by atoms with E-state index in [0.717, 1.165) is 0 Å². The van der Waals surface area contributed by atoms with Gasteiger partial charge in [-0.15, -0.1) is 0 Å². The summed E-state index contributed by atoms with van der Waals surface area (Å²) in [6.45, 7) is 1.96. The van der Waals surface area contributed by atoms with Crippen LogP contribution >= 0.6 is 50.5 Å². The highest BCUT2D eigenvalue weighted by Gasteiger charge is 2.17. The van der Waals surface area contributed by atoms with Gasteiger partial charge in [0.25, 0.3) is 0 Å². The molecular formula is C20H45N7O4S4. The number of nitrogens with zero attached hydrogens (tertiary/aromatic N) is 1. The maximum Gasteiger partial charge on any atom is 0.236 e. The smallest absolute Gasteiger partial charge is 0.236 e. The van der Waals surface area contributed by atoms with Crippen molar-refractivity contribution in [3.63, 3.8) is 0 Å². The summed E-state index contributed by atoms with van der Waals surface area (Å²) < 4.78 is 0. The summed E-state index contributed by atoms with van der Waals surface area (Å²) in [5, 5.41) is 8.11. The third kappa shape index (κ3) is 23.6. The molecule has 0 radical (unpaired) electrons. The Kier molecular flexibility index (Phi) is 31.3. The summed E-state index contributed by atoms with van der Waals surface area (Å²) in [5.41, 5.74) is 15.6. The van der Waals surface area contributed by atoms with E-state index >= 15 is 0 Å². The van der Waals surface area contributed by atoms with Gasteiger partial charge in [0.05, 0.1) is 38.3 Å². The van der Waals surface area contributed by atoms with Crippen molar-refractivity contribution in [2.24, 2.45) is 17.2 Å². The van der Waals surface area contributed by atoms with Crippen molar-refractivity contribution in [2.45, 2.75) is 24.9 Å². The second-order valence-corrected chi connectivity index (χ2v) is 8.77. The molecule has 0 rings (SSSR count). The van der Waals surface area contributed by atoms with Crippen molar-refractivity contribution in [1.82, 2.24) is 20.9 Å². The van der Waals surface area contributed by atoms with Crippen LogP contribution in [0.1, 0.15) is 12.8 Å². The van der Waals surface area contributed by atoms with Crippen molar-refractivity contribution in [2.75, 3.05) is 76.4 Å². The van der Waals surface area contributed by atoms with Crippen LogP contribution < -0.4 is 33.2 Å². The Morgan fingerprint density at radius 3 is 1.63 bits per heavy atom. The molecule has 208 valence electrons. The lowest BCUT2D eigenvalue weighted by molar-refractivity contribution is -0.129. The molecule has 0 aromatic heterocycles. The zero-order valence-corrected chi connectivity index (χ0v) is 24.3. The molecule has 0 aliphatic rings. The second-order valence-electron chi connectivity index (χ2n) is 6.98. The van der Waals surface area contributed by atoms with Gasteiger partial charge in [0, 0.05) is 24.6 Å². The van der Waals surface area contributed by atoms with E-state index in [1.807, 2.05) is 0 Å². The Morgan fingerprint density at radius 2 is 1.26 bits per heavy atom. The van der Waals surface area contributed by atoms with Crippen molar-refractivity contribution >= 4 is 73.9 Å². The lowest BCUT2D eigenvalue weighted by Crippen LogP contribution is -2.46. The first-order valence-electron chi connectivity index (χ1n) is 11.1. The predicted octanol–water partition coefficient (Wildman–Crippen LogP) is -2.41. The second kappa shape index (κ2) is 28.1. The molecule has 9 N–H and O–H groups in total. The number of Topliss-reactive ketones (excluding diaryl/α,β-unsaturated/α-hetero) is 2. The third-order valence-electron chi connectivity index (χ3n) is 4.16. The predicted molar refractivity (Wildman–Crippen MR) is 157 cm³/mol. The molecule has 2 atom stereocenters. The molecular weight excluding hydrogens is 531 g/mol. The molecule has 0 saturated carbocycles. The summed E-state index contributed by atoms with van der Waals surface area (Å²) >= 11 is 16.1. The SMILES string of the molecule is CNCC(=O)N(CCS)CCS.CNCC(=O)N[C@@H](CCS)C(=O)CN.NCC(=O)[C@@H](N)CCS. The van der Waals surface area contributed by atoms with Gasteiger partial charge in [-0.25, -0.2) is 0 Å². The van der Waals surface area contributed by atoms with E-state index in [-0.39, 0.29) is 43.0 Å². The van der Waals surface area contributed by atoms with Crippen LogP contribution in [0.15, 0.2) is 0 Å². The quantitative estimate of drug-likeness (QED) is 0.0844. The fourth-order valence-corrected chi connectivity index (χ4v) is 3.33. The normalized spacial score (nSPS) is 11.7. The molecule has 0 unspecified atom stereocenters. The number of hydrogen-bond donors (Lipinski definition) is 10. The van der Waals surface area contributed by atoms with Gasteiger partial charge in [0.1, 0.15) is 0 Å². The van der Waals surface area contributed by atoms with E-state index in [0.29, 0.717) is 55.5 Å². The topological polar surface area (TPSA) is 186 Å². The Hall–Kier alpha value is -0.520. The molecule has 0 bridgehead atoms. The number of ketones is 2. The van der Waals surface area contributed by atoms with Crippen molar-refractivity contribution < 1.29 is 19.2 Å². The van der Waals surface area contributed by atoms with Gasteiger partial charge >= 0.3 is 0 Å². The fourth-order valence-electron chi connectivity index (χ4n) is 2.31. The fraction of sp³-hybridized carbons (Fsp3) is 0.800. The van der Waals surface area contributed by atoms with E-state index in [4.69, 9.17) is 17.2 Å². The first-order chi connectivity index (χ1) is 16.6. The molecule has 15 heteroatoms. The van der Waals surface area contributed by atoms with Crippen molar-refractivity contribution in [3.05, 3.63) is 0 Å². The van der Waals surface area contributed by atoms with Gasteiger partial charge in [-0.3, -0.25) is 19.2 Å². The van der Waals surface area contributed by atoms with Crippen LogP contribution in [0.2, 0.25) is 0 Å². The molecule has 0 aliphatic heterocycles. The average molecular weight is 576 g/mol. The first kappa shape index (κ1) is 39.0. The van der Waals surface area contributed by atoms with Crippen LogP contribution in [-0.2, 0) is 19.2 Å². The molecule has 0 saturated heterocycles. The molecule has 2 amide bonds. The lowest BCUT2D eigenvalue weighted by Gasteiger charge is -2.20. The maximum absolute atomic E-state index is 11.3. The number of hydrogen-bond acceptors (Lipinski definition) is 13.